The summed E-state index contributed by atoms with van der Waals surface area (Å²) in [6.07, 6.45) is 10.9. The van der Waals surface area contributed by atoms with E-state index in [1.807, 2.05) is 12.1 Å². The second-order valence-corrected chi connectivity index (χ2v) is 11.6. The van der Waals surface area contributed by atoms with Gasteiger partial charge in [-0.25, -0.2) is 4.98 Å². The number of nitrogens with zero attached hydrogens (tertiary/aromatic N) is 3. The third-order valence-corrected chi connectivity index (χ3v) is 8.72. The van der Waals surface area contributed by atoms with Crippen LogP contribution in [-0.4, -0.2) is 35.7 Å². The van der Waals surface area contributed by atoms with Gasteiger partial charge in [0.2, 0.25) is 0 Å². The lowest BCUT2D eigenvalue weighted by atomic mass is 9.48. The van der Waals surface area contributed by atoms with E-state index in [4.69, 9.17) is 9.47 Å². The van der Waals surface area contributed by atoms with Gasteiger partial charge < -0.3 is 14.8 Å². The fraction of sp³-hybridized carbons (Fsp3) is 0.387. The minimum absolute atomic E-state index is 0.0982. The molecule has 0 atom stereocenters. The number of aromatic nitrogens is 1. The van der Waals surface area contributed by atoms with E-state index < -0.39 is 4.92 Å². The van der Waals surface area contributed by atoms with Crippen LogP contribution in [0, 0.1) is 27.9 Å². The van der Waals surface area contributed by atoms with Crippen molar-refractivity contribution in [2.45, 2.75) is 43.9 Å². The first kappa shape index (κ1) is 26.7. The molecule has 0 spiro atoms. The largest absolute Gasteiger partial charge is 0.493 e. The number of hydrazone groups is 1. The molecule has 10 heteroatoms. The predicted octanol–water partition coefficient (Wildman–Crippen LogP) is 5.93. The van der Waals surface area contributed by atoms with Gasteiger partial charge >= 0.3 is 0 Å². The number of pyridine rings is 1. The Hall–Kier alpha value is -4.47. The Kier molecular flexibility index (Phi) is 7.30. The Morgan fingerprint density at radius 3 is 2.37 bits per heavy atom. The number of nitrogens with one attached hydrogen (secondary N) is 2. The van der Waals surface area contributed by atoms with Crippen molar-refractivity contribution in [1.82, 2.24) is 4.98 Å². The van der Waals surface area contributed by atoms with E-state index in [9.17, 15) is 14.9 Å². The number of benzene rings is 2. The number of carbonyl (C=O) groups is 1. The summed E-state index contributed by atoms with van der Waals surface area (Å²) in [5.41, 5.74) is 5.87. The molecule has 4 bridgehead atoms. The quantitative estimate of drug-likeness (QED) is 0.180. The molecule has 4 fully saturated rings. The van der Waals surface area contributed by atoms with Gasteiger partial charge in [-0.05, 0) is 109 Å². The van der Waals surface area contributed by atoms with Gasteiger partial charge in [0.15, 0.2) is 18.1 Å². The number of carbonyl (C=O) groups excluding carboxylic acids is 1. The lowest BCUT2D eigenvalue weighted by Gasteiger charge is -2.57. The van der Waals surface area contributed by atoms with Gasteiger partial charge in [-0.2, -0.15) is 5.10 Å². The maximum atomic E-state index is 12.6. The summed E-state index contributed by atoms with van der Waals surface area (Å²) >= 11 is 0. The number of amides is 1. The van der Waals surface area contributed by atoms with Crippen molar-refractivity contribution in [2.75, 3.05) is 24.5 Å². The molecule has 4 aliphatic rings. The summed E-state index contributed by atoms with van der Waals surface area (Å²) < 4.78 is 11.2. The standard InChI is InChI=1S/C31H33N5O5/c1-40-28-13-20(17-33-35-29-9-7-26(18-32-29)36(38)39)2-8-27(28)41-19-30(37)34-25-5-3-24(4-6-25)31-14-21-10-22(15-31)12-23(11-21)16-31/h2-9,13,17-18,21-23H,10-12,14-16,19H2,1H3,(H,32,35)(H,34,37)/b33-17-. The van der Waals surface area contributed by atoms with E-state index in [1.54, 1.807) is 24.4 Å². The first-order valence-electron chi connectivity index (χ1n) is 14.0. The van der Waals surface area contributed by atoms with Crippen LogP contribution >= 0.6 is 0 Å². The summed E-state index contributed by atoms with van der Waals surface area (Å²) in [5, 5.41) is 17.8. The van der Waals surface area contributed by atoms with Gasteiger partial charge in [-0.3, -0.25) is 20.3 Å². The maximum Gasteiger partial charge on any atom is 0.287 e. The average Bonchev–Trinajstić information content (AvgIpc) is 2.96. The topological polar surface area (TPSA) is 128 Å². The van der Waals surface area contributed by atoms with Crippen LogP contribution in [0.15, 0.2) is 65.9 Å². The first-order valence-corrected chi connectivity index (χ1v) is 14.0. The average molecular weight is 556 g/mol. The van der Waals surface area contributed by atoms with E-state index in [0.29, 0.717) is 28.3 Å². The van der Waals surface area contributed by atoms with E-state index in [2.05, 4.69) is 33.0 Å². The van der Waals surface area contributed by atoms with Gasteiger partial charge in [0.1, 0.15) is 12.0 Å². The molecule has 41 heavy (non-hydrogen) atoms. The number of rotatable bonds is 10. The smallest absolute Gasteiger partial charge is 0.287 e. The van der Waals surface area contributed by atoms with Crippen molar-refractivity contribution < 1.29 is 19.2 Å². The van der Waals surface area contributed by atoms with Crippen molar-refractivity contribution in [3.63, 3.8) is 0 Å². The number of methoxy groups -OCH3 is 1. The maximum absolute atomic E-state index is 12.6. The van der Waals surface area contributed by atoms with Crippen molar-refractivity contribution >= 4 is 29.3 Å². The van der Waals surface area contributed by atoms with Crippen LogP contribution in [0.3, 0.4) is 0 Å². The Morgan fingerprint density at radius 1 is 1.05 bits per heavy atom. The highest BCUT2D eigenvalue weighted by Crippen LogP contribution is 2.60. The number of hydrogen-bond donors (Lipinski definition) is 2. The molecule has 1 heterocycles. The van der Waals surface area contributed by atoms with Crippen LogP contribution in [-0.2, 0) is 10.2 Å². The fourth-order valence-corrected chi connectivity index (χ4v) is 7.33. The summed E-state index contributed by atoms with van der Waals surface area (Å²) in [6.45, 7) is -0.159. The van der Waals surface area contributed by atoms with Crippen LogP contribution in [0.5, 0.6) is 11.5 Å². The molecule has 1 amide bonds. The van der Waals surface area contributed by atoms with Crippen LogP contribution in [0.2, 0.25) is 0 Å². The molecule has 0 radical (unpaired) electrons. The summed E-state index contributed by atoms with van der Waals surface area (Å²) in [4.78, 5) is 26.8. The minimum atomic E-state index is -0.515. The van der Waals surface area contributed by atoms with E-state index in [0.717, 1.165) is 29.6 Å². The Morgan fingerprint density at radius 2 is 1.76 bits per heavy atom. The first-order chi connectivity index (χ1) is 19.9. The molecule has 0 unspecified atom stereocenters. The van der Waals surface area contributed by atoms with E-state index >= 15 is 0 Å². The highest BCUT2D eigenvalue weighted by molar-refractivity contribution is 5.92. The second-order valence-electron chi connectivity index (χ2n) is 11.6. The van der Waals surface area contributed by atoms with Crippen LogP contribution in [0.4, 0.5) is 17.2 Å². The molecule has 4 saturated carbocycles. The van der Waals surface area contributed by atoms with Crippen LogP contribution in [0.1, 0.15) is 49.7 Å². The Balaban J connectivity index is 1.01. The fourth-order valence-electron chi connectivity index (χ4n) is 7.33. The van der Waals surface area contributed by atoms with E-state index in [-0.39, 0.29) is 18.2 Å². The number of hydrogen-bond acceptors (Lipinski definition) is 8. The zero-order valence-corrected chi connectivity index (χ0v) is 22.9. The van der Waals surface area contributed by atoms with Crippen LogP contribution < -0.4 is 20.2 Å². The highest BCUT2D eigenvalue weighted by atomic mass is 16.6. The monoisotopic (exact) mass is 555 g/mol. The third-order valence-electron chi connectivity index (χ3n) is 8.72. The predicted molar refractivity (Wildman–Crippen MR) is 156 cm³/mol. The molecule has 4 aliphatic carbocycles. The number of anilines is 2. The number of nitro groups is 1. The highest BCUT2D eigenvalue weighted by Gasteiger charge is 2.51. The number of ether oxygens (including phenoxy) is 2. The molecule has 7 rings (SSSR count). The van der Waals surface area contributed by atoms with E-state index in [1.165, 1.54) is 63.3 Å². The van der Waals surface area contributed by atoms with Crippen molar-refractivity contribution in [2.24, 2.45) is 22.9 Å². The Labute approximate surface area is 238 Å². The molecule has 0 aliphatic heterocycles. The summed E-state index contributed by atoms with van der Waals surface area (Å²) in [6, 6.07) is 16.5. The zero-order chi connectivity index (χ0) is 28.4. The summed E-state index contributed by atoms with van der Waals surface area (Å²) in [7, 11) is 1.52. The molecule has 1 aromatic heterocycles. The van der Waals surface area contributed by atoms with Crippen molar-refractivity contribution in [1.29, 1.82) is 0 Å². The second kappa shape index (κ2) is 11.2. The van der Waals surface area contributed by atoms with Crippen molar-refractivity contribution in [3.05, 3.63) is 82.0 Å². The van der Waals surface area contributed by atoms with Gasteiger partial charge in [0, 0.05) is 11.8 Å². The lowest BCUT2D eigenvalue weighted by molar-refractivity contribution is -0.385. The SMILES string of the molecule is COc1cc(/C=N\Nc2ccc([N+](=O)[O-])cn2)ccc1OCC(=O)Nc1ccc(C23CC4CC(CC(C4)C2)C3)cc1. The lowest BCUT2D eigenvalue weighted by Crippen LogP contribution is -2.48. The molecule has 2 aromatic carbocycles. The van der Waals surface area contributed by atoms with Gasteiger partial charge in [-0.15, -0.1) is 0 Å². The van der Waals surface area contributed by atoms with Gasteiger partial charge in [-0.1, -0.05) is 12.1 Å². The molecule has 2 N–H and O–H groups in total. The molecular formula is C31H33N5O5. The third kappa shape index (κ3) is 5.86. The minimum Gasteiger partial charge on any atom is -0.493 e. The molecular weight excluding hydrogens is 522 g/mol. The molecule has 3 aromatic rings. The molecule has 0 saturated heterocycles. The van der Waals surface area contributed by atoms with Crippen LogP contribution in [0.25, 0.3) is 0 Å². The van der Waals surface area contributed by atoms with Crippen molar-refractivity contribution in [3.8, 4) is 11.5 Å². The molecule has 212 valence electrons. The molecule has 10 nitrogen and oxygen atoms in total. The normalized spacial score (nSPS) is 24.3. The van der Waals surface area contributed by atoms with Gasteiger partial charge in [0.05, 0.1) is 18.2 Å². The zero-order valence-electron chi connectivity index (χ0n) is 22.9. The van der Waals surface area contributed by atoms with Gasteiger partial charge in [0.25, 0.3) is 11.6 Å². The summed E-state index contributed by atoms with van der Waals surface area (Å²) in [5.74, 6) is 3.69. The Bertz CT molecular complexity index is 1420.